The van der Waals surface area contributed by atoms with Gasteiger partial charge in [-0.1, -0.05) is 18.0 Å². The smallest absolute Gasteiger partial charge is 0.372 e. The number of ether oxygens (including phenoxy) is 1. The molecule has 0 amide bonds. The molecule has 1 aromatic heterocycles. The average Bonchev–Trinajstić information content (AvgIpc) is 2.93. The fourth-order valence-corrected chi connectivity index (χ4v) is 2.13. The van der Waals surface area contributed by atoms with E-state index < -0.39 is 18.3 Å². The largest absolute Gasteiger partial charge is 0.411 e. The molecule has 1 aliphatic carbocycles. The van der Waals surface area contributed by atoms with Gasteiger partial charge in [0.05, 0.1) is 12.1 Å². The third-order valence-corrected chi connectivity index (χ3v) is 3.13. The maximum absolute atomic E-state index is 11.8. The zero-order chi connectivity index (χ0) is 13.9. The van der Waals surface area contributed by atoms with Crippen LogP contribution in [0.5, 0.6) is 0 Å². The van der Waals surface area contributed by atoms with Crippen LogP contribution in [0.15, 0.2) is 4.52 Å². The number of nitrogens with zero attached hydrogens (tertiary/aromatic N) is 2. The van der Waals surface area contributed by atoms with Crippen molar-refractivity contribution < 1.29 is 22.4 Å². The number of hydrogen-bond acceptors (Lipinski definition) is 5. The van der Waals surface area contributed by atoms with E-state index in [1.165, 1.54) is 0 Å². The molecule has 19 heavy (non-hydrogen) atoms. The zero-order valence-corrected chi connectivity index (χ0v) is 10.4. The molecule has 5 nitrogen and oxygen atoms in total. The van der Waals surface area contributed by atoms with Gasteiger partial charge in [-0.3, -0.25) is 0 Å². The molecule has 108 valence electrons. The predicted octanol–water partition coefficient (Wildman–Crippen LogP) is 1.92. The molecular formula is C11H16F3N3O2. The van der Waals surface area contributed by atoms with E-state index in [1.54, 1.807) is 0 Å². The lowest BCUT2D eigenvalue weighted by Crippen LogP contribution is -2.33. The fourth-order valence-electron chi connectivity index (χ4n) is 2.13. The van der Waals surface area contributed by atoms with Gasteiger partial charge in [0.1, 0.15) is 6.61 Å². The Labute approximate surface area is 108 Å². The molecule has 0 aromatic carbocycles. The molecule has 0 unspecified atom stereocenters. The summed E-state index contributed by atoms with van der Waals surface area (Å²) < 4.78 is 45.1. The monoisotopic (exact) mass is 279 g/mol. The van der Waals surface area contributed by atoms with Crippen LogP contribution in [0, 0.1) is 0 Å². The highest BCUT2D eigenvalue weighted by atomic mass is 19.4. The van der Waals surface area contributed by atoms with E-state index in [4.69, 9.17) is 10.3 Å². The summed E-state index contributed by atoms with van der Waals surface area (Å²) in [5.74, 6) is 0.699. The van der Waals surface area contributed by atoms with Gasteiger partial charge in [0.2, 0.25) is 5.89 Å². The average molecular weight is 279 g/mol. The normalized spacial score (nSPS) is 18.9. The molecule has 0 aliphatic heterocycles. The van der Waals surface area contributed by atoms with Crippen LogP contribution in [-0.4, -0.2) is 29.5 Å². The lowest BCUT2D eigenvalue weighted by atomic mass is 9.99. The Morgan fingerprint density at radius 2 is 2.00 bits per heavy atom. The van der Waals surface area contributed by atoms with Crippen LogP contribution < -0.4 is 5.73 Å². The third kappa shape index (κ3) is 3.90. The van der Waals surface area contributed by atoms with Crippen LogP contribution in [0.25, 0.3) is 0 Å². The minimum Gasteiger partial charge on any atom is -0.372 e. The van der Waals surface area contributed by atoms with E-state index >= 15 is 0 Å². The minimum absolute atomic E-state index is 0.101. The van der Waals surface area contributed by atoms with Crippen molar-refractivity contribution in [3.05, 3.63) is 11.7 Å². The lowest BCUT2D eigenvalue weighted by Gasteiger charge is -2.17. The van der Waals surface area contributed by atoms with Crippen molar-refractivity contribution in [2.75, 3.05) is 13.2 Å². The van der Waals surface area contributed by atoms with Crippen molar-refractivity contribution in [1.29, 1.82) is 0 Å². The van der Waals surface area contributed by atoms with Crippen molar-refractivity contribution >= 4 is 0 Å². The first-order valence-corrected chi connectivity index (χ1v) is 6.15. The van der Waals surface area contributed by atoms with Gasteiger partial charge in [0, 0.05) is 6.42 Å². The molecule has 2 rings (SSSR count). The van der Waals surface area contributed by atoms with E-state index in [0.717, 1.165) is 25.7 Å². The summed E-state index contributed by atoms with van der Waals surface area (Å²) in [6.45, 7) is -1.37. The van der Waals surface area contributed by atoms with Crippen molar-refractivity contribution in [1.82, 2.24) is 10.1 Å². The highest BCUT2D eigenvalue weighted by molar-refractivity contribution is 5.04. The van der Waals surface area contributed by atoms with E-state index in [9.17, 15) is 13.2 Å². The van der Waals surface area contributed by atoms with Crippen LogP contribution in [-0.2, 0) is 16.7 Å². The quantitative estimate of drug-likeness (QED) is 0.833. The van der Waals surface area contributed by atoms with Gasteiger partial charge < -0.3 is 15.0 Å². The Morgan fingerprint density at radius 3 is 2.63 bits per heavy atom. The number of halogens is 3. The molecule has 2 N–H and O–H groups in total. The second-order valence-corrected chi connectivity index (χ2v) is 4.80. The van der Waals surface area contributed by atoms with E-state index in [1.807, 2.05) is 0 Å². The Hall–Kier alpha value is -1.15. The van der Waals surface area contributed by atoms with Gasteiger partial charge in [-0.15, -0.1) is 0 Å². The first kappa shape index (κ1) is 14.3. The molecular weight excluding hydrogens is 263 g/mol. The molecule has 8 heteroatoms. The summed E-state index contributed by atoms with van der Waals surface area (Å²) in [4.78, 5) is 4.13. The van der Waals surface area contributed by atoms with Gasteiger partial charge in [-0.05, 0) is 12.8 Å². The second kappa shape index (κ2) is 5.46. The topological polar surface area (TPSA) is 74.2 Å². The van der Waals surface area contributed by atoms with E-state index in [0.29, 0.717) is 11.7 Å². The SMILES string of the molecule is NC1(c2nc(CCOCC(F)(F)F)no2)CCCC1. The van der Waals surface area contributed by atoms with Gasteiger partial charge in [-0.25, -0.2) is 0 Å². The van der Waals surface area contributed by atoms with Crippen molar-refractivity contribution in [3.63, 3.8) is 0 Å². The minimum atomic E-state index is -4.31. The Balaban J connectivity index is 1.81. The maximum Gasteiger partial charge on any atom is 0.411 e. The first-order valence-electron chi connectivity index (χ1n) is 6.15. The summed E-state index contributed by atoms with van der Waals surface area (Å²) in [7, 11) is 0. The summed E-state index contributed by atoms with van der Waals surface area (Å²) in [5.41, 5.74) is 5.56. The van der Waals surface area contributed by atoms with E-state index in [2.05, 4.69) is 14.9 Å². The molecule has 1 saturated carbocycles. The highest BCUT2D eigenvalue weighted by Crippen LogP contribution is 2.35. The number of alkyl halides is 3. The fraction of sp³-hybridized carbons (Fsp3) is 0.818. The van der Waals surface area contributed by atoms with Crippen LogP contribution >= 0.6 is 0 Å². The number of rotatable bonds is 5. The lowest BCUT2D eigenvalue weighted by molar-refractivity contribution is -0.173. The van der Waals surface area contributed by atoms with Gasteiger partial charge in [-0.2, -0.15) is 18.2 Å². The molecule has 1 fully saturated rings. The molecule has 1 aliphatic rings. The molecule has 0 spiro atoms. The van der Waals surface area contributed by atoms with Gasteiger partial charge >= 0.3 is 6.18 Å². The van der Waals surface area contributed by atoms with Crippen LogP contribution in [0.4, 0.5) is 13.2 Å². The Bertz CT molecular complexity index is 414. The second-order valence-electron chi connectivity index (χ2n) is 4.80. The number of nitrogens with two attached hydrogens (primary N) is 1. The van der Waals surface area contributed by atoms with Gasteiger partial charge in [0.15, 0.2) is 5.82 Å². The number of hydrogen-bond donors (Lipinski definition) is 1. The summed E-state index contributed by atoms with van der Waals surface area (Å²) >= 11 is 0. The third-order valence-electron chi connectivity index (χ3n) is 3.13. The number of aromatic nitrogens is 2. The van der Waals surface area contributed by atoms with Crippen molar-refractivity contribution in [2.45, 2.75) is 43.8 Å². The van der Waals surface area contributed by atoms with E-state index in [-0.39, 0.29) is 13.0 Å². The first-order chi connectivity index (χ1) is 8.89. The standard InChI is InChI=1S/C11H16F3N3O2/c12-11(13,14)7-18-6-3-8-16-9(19-17-8)10(15)4-1-2-5-10/h1-7,15H2. The summed E-state index contributed by atoms with van der Waals surface area (Å²) in [5, 5.41) is 3.71. The Kier molecular flexibility index (Phi) is 4.10. The summed E-state index contributed by atoms with van der Waals surface area (Å²) in [6.07, 6.45) is -0.520. The molecule has 0 saturated heterocycles. The summed E-state index contributed by atoms with van der Waals surface area (Å²) in [6, 6.07) is 0. The van der Waals surface area contributed by atoms with Crippen molar-refractivity contribution in [2.24, 2.45) is 5.73 Å². The Morgan fingerprint density at radius 1 is 1.32 bits per heavy atom. The maximum atomic E-state index is 11.8. The highest BCUT2D eigenvalue weighted by Gasteiger charge is 2.36. The molecule has 0 radical (unpaired) electrons. The molecule has 1 heterocycles. The van der Waals surface area contributed by atoms with Crippen LogP contribution in [0.3, 0.4) is 0 Å². The van der Waals surface area contributed by atoms with Crippen LogP contribution in [0.1, 0.15) is 37.4 Å². The van der Waals surface area contributed by atoms with Crippen molar-refractivity contribution in [3.8, 4) is 0 Å². The zero-order valence-electron chi connectivity index (χ0n) is 10.4. The predicted molar refractivity (Wildman–Crippen MR) is 59.2 cm³/mol. The van der Waals surface area contributed by atoms with Gasteiger partial charge in [0.25, 0.3) is 0 Å². The van der Waals surface area contributed by atoms with Crippen LogP contribution in [0.2, 0.25) is 0 Å². The molecule has 0 bridgehead atoms. The molecule has 0 atom stereocenters. The molecule has 1 aromatic rings.